The third kappa shape index (κ3) is 3.07. The van der Waals surface area contributed by atoms with E-state index < -0.39 is 5.60 Å². The lowest BCUT2D eigenvalue weighted by atomic mass is 9.52. The van der Waals surface area contributed by atoms with Crippen molar-refractivity contribution >= 4 is 28.3 Å². The Kier molecular flexibility index (Phi) is 4.05. The van der Waals surface area contributed by atoms with Crippen LogP contribution in [0.4, 0.5) is 11.4 Å². The zero-order valence-electron chi connectivity index (χ0n) is 17.1. The summed E-state index contributed by atoms with van der Waals surface area (Å²) in [5.41, 5.74) is 1.81. The van der Waals surface area contributed by atoms with Gasteiger partial charge >= 0.3 is 0 Å². The zero-order valence-corrected chi connectivity index (χ0v) is 17.1. The van der Waals surface area contributed by atoms with Crippen LogP contribution >= 0.6 is 0 Å². The SMILES string of the molecule is O=C(Nc1ccccc1O)c1cnc2[nH]ccc2c1N[C@H]1[C@@H]2CC3C[C@H]1C[C@@](O)(C3)C2. The lowest BCUT2D eigenvalue weighted by Gasteiger charge is -2.58. The average Bonchev–Trinajstić information content (AvgIpc) is 3.20. The van der Waals surface area contributed by atoms with Crippen LogP contribution in [0.25, 0.3) is 11.0 Å². The van der Waals surface area contributed by atoms with Gasteiger partial charge in [0.15, 0.2) is 0 Å². The van der Waals surface area contributed by atoms with Crippen molar-refractivity contribution < 1.29 is 15.0 Å². The zero-order chi connectivity index (χ0) is 21.2. The van der Waals surface area contributed by atoms with Crippen molar-refractivity contribution in [3.05, 3.63) is 48.3 Å². The second-order valence-electron chi connectivity index (χ2n) is 9.62. The standard InChI is InChI=1S/C24H26N4O3/c29-19-4-2-1-3-18(19)27-23(30)17-12-26-22-16(5-6-25-22)21(17)28-20-14-7-13-8-15(20)11-24(31,9-13)10-14/h1-6,12-15,20,29,31H,7-11H2,(H,27,30)(H2,25,26,28)/t13?,14-,15+,20+,24-. The summed E-state index contributed by atoms with van der Waals surface area (Å²) in [7, 11) is 0. The number of benzene rings is 1. The Morgan fingerprint density at radius 2 is 1.90 bits per heavy atom. The number of amides is 1. The van der Waals surface area contributed by atoms with Crippen molar-refractivity contribution in [1.29, 1.82) is 0 Å². The van der Waals surface area contributed by atoms with Gasteiger partial charge in [0.05, 0.1) is 22.5 Å². The van der Waals surface area contributed by atoms with Gasteiger partial charge in [0.25, 0.3) is 5.91 Å². The molecular formula is C24H26N4O3. The Labute approximate surface area is 179 Å². The molecule has 0 spiro atoms. The van der Waals surface area contributed by atoms with E-state index in [1.165, 1.54) is 0 Å². The van der Waals surface area contributed by atoms with E-state index in [4.69, 9.17) is 0 Å². The Hall–Kier alpha value is -3.06. The maximum atomic E-state index is 13.2. The fourth-order valence-electron chi connectivity index (χ4n) is 6.49. The predicted molar refractivity (Wildman–Crippen MR) is 118 cm³/mol. The minimum atomic E-state index is -0.499. The van der Waals surface area contributed by atoms with Gasteiger partial charge in [-0.2, -0.15) is 0 Å². The van der Waals surface area contributed by atoms with Crippen LogP contribution in [0.3, 0.4) is 0 Å². The van der Waals surface area contributed by atoms with E-state index in [9.17, 15) is 15.0 Å². The molecule has 2 heterocycles. The highest BCUT2D eigenvalue weighted by Gasteiger charge is 2.54. The molecule has 5 N–H and O–H groups in total. The lowest BCUT2D eigenvalue weighted by Crippen LogP contribution is -2.59. The van der Waals surface area contributed by atoms with Gasteiger partial charge in [0.2, 0.25) is 0 Å². The number of hydrogen-bond acceptors (Lipinski definition) is 5. The third-order valence-corrected chi connectivity index (χ3v) is 7.54. The summed E-state index contributed by atoms with van der Waals surface area (Å²) in [6, 6.07) is 8.86. The Morgan fingerprint density at radius 1 is 1.13 bits per heavy atom. The van der Waals surface area contributed by atoms with Crippen molar-refractivity contribution in [2.75, 3.05) is 10.6 Å². The molecule has 160 valence electrons. The van der Waals surface area contributed by atoms with E-state index in [1.807, 2.05) is 12.3 Å². The normalized spacial score (nSPS) is 31.1. The molecule has 4 aliphatic rings. The molecule has 3 aromatic rings. The van der Waals surface area contributed by atoms with E-state index in [1.54, 1.807) is 30.5 Å². The van der Waals surface area contributed by atoms with Crippen LogP contribution in [0.5, 0.6) is 5.75 Å². The fraction of sp³-hybridized carbons (Fsp3) is 0.417. The Bertz CT molecular complexity index is 1160. The van der Waals surface area contributed by atoms with Crippen LogP contribution in [0.1, 0.15) is 42.5 Å². The number of para-hydroxylation sites is 2. The molecule has 4 fully saturated rings. The molecule has 0 aliphatic heterocycles. The summed E-state index contributed by atoms with van der Waals surface area (Å²) in [6.07, 6.45) is 8.29. The minimum Gasteiger partial charge on any atom is -0.506 e. The van der Waals surface area contributed by atoms with Gasteiger partial charge in [0, 0.05) is 23.8 Å². The van der Waals surface area contributed by atoms with Crippen molar-refractivity contribution in [3.8, 4) is 5.75 Å². The predicted octanol–water partition coefficient (Wildman–Crippen LogP) is 3.87. The quantitative estimate of drug-likeness (QED) is 0.413. The monoisotopic (exact) mass is 418 g/mol. The van der Waals surface area contributed by atoms with Crippen molar-refractivity contribution in [2.45, 2.75) is 43.7 Å². The molecule has 7 heteroatoms. The van der Waals surface area contributed by atoms with Crippen LogP contribution < -0.4 is 10.6 Å². The number of H-pyrrole nitrogens is 1. The van der Waals surface area contributed by atoms with Gasteiger partial charge in [-0.1, -0.05) is 12.1 Å². The molecular weight excluding hydrogens is 392 g/mol. The maximum absolute atomic E-state index is 13.2. The van der Waals surface area contributed by atoms with E-state index in [2.05, 4.69) is 20.6 Å². The van der Waals surface area contributed by atoms with Gasteiger partial charge in [0.1, 0.15) is 11.4 Å². The van der Waals surface area contributed by atoms with E-state index >= 15 is 0 Å². The molecule has 0 radical (unpaired) electrons. The average molecular weight is 418 g/mol. The first kappa shape index (κ1) is 18.7. The number of pyridine rings is 1. The molecule has 2 aromatic heterocycles. The number of rotatable bonds is 4. The molecule has 31 heavy (non-hydrogen) atoms. The summed E-state index contributed by atoms with van der Waals surface area (Å²) in [5, 5.41) is 28.4. The molecule has 1 aromatic carbocycles. The van der Waals surface area contributed by atoms with E-state index in [0.717, 1.165) is 48.8 Å². The minimum absolute atomic E-state index is 0.0234. The number of nitrogens with zero attached hydrogens (tertiary/aromatic N) is 1. The largest absolute Gasteiger partial charge is 0.506 e. The molecule has 7 rings (SSSR count). The summed E-state index contributed by atoms with van der Waals surface area (Å²) >= 11 is 0. The molecule has 1 unspecified atom stereocenters. The summed E-state index contributed by atoms with van der Waals surface area (Å²) in [5.74, 6) is 1.14. The first-order chi connectivity index (χ1) is 15.0. The van der Waals surface area contributed by atoms with Gasteiger partial charge in [-0.3, -0.25) is 4.79 Å². The number of anilines is 2. The molecule has 4 saturated carbocycles. The van der Waals surface area contributed by atoms with E-state index in [0.29, 0.717) is 29.0 Å². The van der Waals surface area contributed by atoms with Crippen molar-refractivity contribution in [1.82, 2.24) is 9.97 Å². The molecule has 0 saturated heterocycles. The van der Waals surface area contributed by atoms with Crippen LogP contribution in [0.15, 0.2) is 42.7 Å². The Balaban J connectivity index is 1.35. The highest BCUT2D eigenvalue weighted by Crippen LogP contribution is 2.56. The number of nitrogens with one attached hydrogen (secondary N) is 3. The van der Waals surface area contributed by atoms with Crippen LogP contribution in [-0.4, -0.2) is 37.7 Å². The summed E-state index contributed by atoms with van der Waals surface area (Å²) in [6.45, 7) is 0. The van der Waals surface area contributed by atoms with Crippen LogP contribution in [0.2, 0.25) is 0 Å². The number of carbonyl (C=O) groups excluding carboxylic acids is 1. The Morgan fingerprint density at radius 3 is 2.65 bits per heavy atom. The van der Waals surface area contributed by atoms with Gasteiger partial charge < -0.3 is 25.8 Å². The second kappa shape index (κ2) is 6.72. The third-order valence-electron chi connectivity index (χ3n) is 7.54. The lowest BCUT2D eigenvalue weighted by molar-refractivity contribution is -0.129. The molecule has 4 bridgehead atoms. The van der Waals surface area contributed by atoms with E-state index in [-0.39, 0.29) is 17.7 Å². The van der Waals surface area contributed by atoms with Crippen molar-refractivity contribution in [3.63, 3.8) is 0 Å². The number of aliphatic hydroxyl groups is 1. The number of fused-ring (bicyclic) bond motifs is 1. The number of aromatic nitrogens is 2. The highest BCUT2D eigenvalue weighted by atomic mass is 16.3. The highest BCUT2D eigenvalue weighted by molar-refractivity contribution is 6.12. The smallest absolute Gasteiger partial charge is 0.259 e. The van der Waals surface area contributed by atoms with Crippen molar-refractivity contribution in [2.24, 2.45) is 17.8 Å². The topological polar surface area (TPSA) is 110 Å². The number of aromatic amines is 1. The summed E-state index contributed by atoms with van der Waals surface area (Å²) in [4.78, 5) is 20.8. The number of aromatic hydroxyl groups is 1. The number of carbonyl (C=O) groups is 1. The molecule has 5 atom stereocenters. The summed E-state index contributed by atoms with van der Waals surface area (Å²) < 4.78 is 0. The molecule has 7 nitrogen and oxygen atoms in total. The fourth-order valence-corrected chi connectivity index (χ4v) is 6.49. The molecule has 4 aliphatic carbocycles. The maximum Gasteiger partial charge on any atom is 0.259 e. The first-order valence-corrected chi connectivity index (χ1v) is 11.0. The number of hydrogen-bond donors (Lipinski definition) is 5. The van der Waals surface area contributed by atoms with Gasteiger partial charge in [-0.15, -0.1) is 0 Å². The first-order valence-electron chi connectivity index (χ1n) is 11.0. The van der Waals surface area contributed by atoms with Gasteiger partial charge in [-0.05, 0) is 68.1 Å². The number of phenols is 1. The van der Waals surface area contributed by atoms with Gasteiger partial charge in [-0.25, -0.2) is 4.98 Å². The molecule has 1 amide bonds. The van der Waals surface area contributed by atoms with Crippen LogP contribution in [-0.2, 0) is 0 Å². The number of phenolic OH excluding ortho intramolecular Hbond substituents is 1. The second-order valence-corrected chi connectivity index (χ2v) is 9.62. The van der Waals surface area contributed by atoms with Crippen LogP contribution in [0, 0.1) is 17.8 Å².